The molecule has 1 heteroatoms. The van der Waals surface area contributed by atoms with Crippen LogP contribution in [0.1, 0.15) is 46.0 Å². The molecular formula is C15H22O. The molecule has 0 fully saturated rings. The smallest absolute Gasteiger partial charge is 0.145 e. The third kappa shape index (κ3) is 4.18. The molecule has 0 radical (unpaired) electrons. The average molecular weight is 218 g/mol. The van der Waals surface area contributed by atoms with E-state index in [2.05, 4.69) is 32.6 Å². The van der Waals surface area contributed by atoms with Crippen LogP contribution >= 0.6 is 0 Å². The first-order valence-corrected chi connectivity index (χ1v) is 6.08. The van der Waals surface area contributed by atoms with Crippen LogP contribution < -0.4 is 0 Å². The van der Waals surface area contributed by atoms with Crippen molar-refractivity contribution in [3.05, 3.63) is 35.5 Å². The Morgan fingerprint density at radius 3 is 2.69 bits per heavy atom. The maximum absolute atomic E-state index is 10.8. The van der Waals surface area contributed by atoms with Crippen molar-refractivity contribution < 1.29 is 4.79 Å². The van der Waals surface area contributed by atoms with Gasteiger partial charge in [-0.1, -0.05) is 29.9 Å². The summed E-state index contributed by atoms with van der Waals surface area (Å²) >= 11 is 0. The first kappa shape index (κ1) is 13.0. The Morgan fingerprint density at radius 2 is 2.00 bits per heavy atom. The van der Waals surface area contributed by atoms with Gasteiger partial charge in [-0.15, -0.1) is 0 Å². The molecule has 1 unspecified atom stereocenters. The van der Waals surface area contributed by atoms with Gasteiger partial charge in [0.2, 0.25) is 0 Å². The van der Waals surface area contributed by atoms with Gasteiger partial charge in [-0.3, -0.25) is 4.79 Å². The van der Waals surface area contributed by atoms with E-state index in [0.29, 0.717) is 5.92 Å². The minimum absolute atomic E-state index is 0.328. The van der Waals surface area contributed by atoms with Crippen LogP contribution in [-0.2, 0) is 4.79 Å². The third-order valence-corrected chi connectivity index (χ3v) is 3.35. The highest BCUT2D eigenvalue weighted by molar-refractivity contribution is 5.72. The zero-order valence-electron chi connectivity index (χ0n) is 10.5. The lowest BCUT2D eigenvalue weighted by Gasteiger charge is -2.16. The van der Waals surface area contributed by atoms with Gasteiger partial charge < -0.3 is 0 Å². The summed E-state index contributed by atoms with van der Waals surface area (Å²) in [6.45, 7) is 8.21. The van der Waals surface area contributed by atoms with E-state index in [9.17, 15) is 4.79 Å². The molecule has 0 saturated heterocycles. The second-order valence-corrected chi connectivity index (χ2v) is 4.80. The fraction of sp³-hybridized carbons (Fsp3) is 0.533. The fourth-order valence-electron chi connectivity index (χ4n) is 2.05. The van der Waals surface area contributed by atoms with Crippen LogP contribution in [0.3, 0.4) is 0 Å². The van der Waals surface area contributed by atoms with Gasteiger partial charge in [0, 0.05) is 0 Å². The third-order valence-electron chi connectivity index (χ3n) is 3.35. The van der Waals surface area contributed by atoms with E-state index < -0.39 is 0 Å². The molecule has 0 aromatic rings. The molecule has 0 spiro atoms. The number of carbonyl (C=O) groups is 1. The first-order chi connectivity index (χ1) is 7.63. The van der Waals surface area contributed by atoms with E-state index in [1.54, 1.807) is 0 Å². The van der Waals surface area contributed by atoms with Crippen molar-refractivity contribution in [2.45, 2.75) is 46.0 Å². The molecule has 1 aliphatic rings. The van der Waals surface area contributed by atoms with Crippen molar-refractivity contribution in [2.24, 2.45) is 5.92 Å². The molecule has 0 aliphatic heterocycles. The Morgan fingerprint density at radius 1 is 1.31 bits per heavy atom. The van der Waals surface area contributed by atoms with E-state index in [4.69, 9.17) is 0 Å². The second-order valence-electron chi connectivity index (χ2n) is 4.80. The molecule has 16 heavy (non-hydrogen) atoms. The van der Waals surface area contributed by atoms with E-state index in [1.807, 2.05) is 0 Å². The number of carbonyl (C=O) groups excluding carboxylic acids is 1. The van der Waals surface area contributed by atoms with Crippen LogP contribution in [0.15, 0.2) is 35.5 Å². The van der Waals surface area contributed by atoms with Crippen LogP contribution in [0.25, 0.3) is 0 Å². The van der Waals surface area contributed by atoms with Crippen LogP contribution in [0.5, 0.6) is 0 Å². The number of allylic oxidation sites excluding steroid dienone is 5. The number of aldehydes is 1. The SMILES string of the molecule is C=C(C=O)C1C/C=C(/C)CC/C=C(/C)CC1. The molecule has 0 amide bonds. The van der Waals surface area contributed by atoms with Gasteiger partial charge in [-0.05, 0) is 57.4 Å². The first-order valence-electron chi connectivity index (χ1n) is 6.08. The van der Waals surface area contributed by atoms with Crippen molar-refractivity contribution in [2.75, 3.05) is 0 Å². The van der Waals surface area contributed by atoms with E-state index >= 15 is 0 Å². The highest BCUT2D eigenvalue weighted by Crippen LogP contribution is 2.24. The number of hydrogen-bond acceptors (Lipinski definition) is 1. The highest BCUT2D eigenvalue weighted by atomic mass is 16.1. The Labute approximate surface area is 98.9 Å². The maximum Gasteiger partial charge on any atom is 0.145 e. The maximum atomic E-state index is 10.8. The number of hydrogen-bond donors (Lipinski definition) is 0. The van der Waals surface area contributed by atoms with Gasteiger partial charge in [-0.2, -0.15) is 0 Å². The van der Waals surface area contributed by atoms with Crippen LogP contribution in [0, 0.1) is 5.92 Å². The fourth-order valence-corrected chi connectivity index (χ4v) is 2.05. The average Bonchev–Trinajstić information content (AvgIpc) is 2.28. The Kier molecular flexibility index (Phi) is 5.24. The molecular weight excluding hydrogens is 196 g/mol. The molecule has 0 heterocycles. The molecule has 1 rings (SSSR count). The quantitative estimate of drug-likeness (QED) is 0.385. The molecule has 0 aromatic carbocycles. The Bertz CT molecular complexity index is 320. The molecule has 0 saturated carbocycles. The summed E-state index contributed by atoms with van der Waals surface area (Å²) in [6.07, 6.45) is 10.9. The van der Waals surface area contributed by atoms with Gasteiger partial charge in [0.1, 0.15) is 6.29 Å². The molecule has 1 aliphatic carbocycles. The van der Waals surface area contributed by atoms with E-state index in [-0.39, 0.29) is 0 Å². The zero-order valence-corrected chi connectivity index (χ0v) is 10.5. The van der Waals surface area contributed by atoms with Gasteiger partial charge >= 0.3 is 0 Å². The molecule has 0 bridgehead atoms. The van der Waals surface area contributed by atoms with Crippen molar-refractivity contribution in [1.29, 1.82) is 0 Å². The topological polar surface area (TPSA) is 17.1 Å². The summed E-state index contributed by atoms with van der Waals surface area (Å²) in [6, 6.07) is 0. The lowest BCUT2D eigenvalue weighted by atomic mass is 9.89. The minimum Gasteiger partial charge on any atom is -0.298 e. The Balaban J connectivity index is 2.74. The lowest BCUT2D eigenvalue weighted by molar-refractivity contribution is -0.105. The molecule has 0 N–H and O–H groups in total. The Hall–Kier alpha value is -1.11. The van der Waals surface area contributed by atoms with Crippen molar-refractivity contribution >= 4 is 6.29 Å². The van der Waals surface area contributed by atoms with E-state index in [0.717, 1.165) is 44.0 Å². The lowest BCUT2D eigenvalue weighted by Crippen LogP contribution is -2.05. The normalized spacial score (nSPS) is 29.5. The summed E-state index contributed by atoms with van der Waals surface area (Å²) in [5.74, 6) is 0.328. The summed E-state index contributed by atoms with van der Waals surface area (Å²) < 4.78 is 0. The summed E-state index contributed by atoms with van der Waals surface area (Å²) in [5, 5.41) is 0. The van der Waals surface area contributed by atoms with Gasteiger partial charge in [0.25, 0.3) is 0 Å². The van der Waals surface area contributed by atoms with Crippen molar-refractivity contribution in [3.63, 3.8) is 0 Å². The summed E-state index contributed by atoms with van der Waals surface area (Å²) in [4.78, 5) is 10.8. The minimum atomic E-state index is 0.328. The standard InChI is InChI=1S/C15H22O/c1-12-5-4-6-13(2)8-10-15(9-7-12)14(3)11-16/h5,8,11,15H,3-4,6-7,9-10H2,1-2H3/b12-5-,13-8-. The highest BCUT2D eigenvalue weighted by Gasteiger charge is 2.12. The van der Waals surface area contributed by atoms with Crippen molar-refractivity contribution in [3.8, 4) is 0 Å². The van der Waals surface area contributed by atoms with Gasteiger partial charge in [-0.25, -0.2) is 0 Å². The number of rotatable bonds is 2. The molecule has 0 aromatic heterocycles. The molecule has 88 valence electrons. The van der Waals surface area contributed by atoms with Gasteiger partial charge in [0.05, 0.1) is 0 Å². The monoisotopic (exact) mass is 218 g/mol. The summed E-state index contributed by atoms with van der Waals surface area (Å²) in [5.41, 5.74) is 3.62. The predicted octanol–water partition coefficient (Wildman–Crippen LogP) is 4.21. The van der Waals surface area contributed by atoms with Gasteiger partial charge in [0.15, 0.2) is 0 Å². The largest absolute Gasteiger partial charge is 0.298 e. The zero-order chi connectivity index (χ0) is 12.0. The van der Waals surface area contributed by atoms with Crippen molar-refractivity contribution in [1.82, 2.24) is 0 Å². The molecule has 1 nitrogen and oxygen atoms in total. The summed E-state index contributed by atoms with van der Waals surface area (Å²) in [7, 11) is 0. The second kappa shape index (κ2) is 6.47. The molecule has 1 atom stereocenters. The van der Waals surface area contributed by atoms with Crippen LogP contribution in [0.2, 0.25) is 0 Å². The van der Waals surface area contributed by atoms with Crippen LogP contribution in [0.4, 0.5) is 0 Å². The van der Waals surface area contributed by atoms with Crippen LogP contribution in [-0.4, -0.2) is 6.29 Å². The predicted molar refractivity (Wildman–Crippen MR) is 69.3 cm³/mol. The van der Waals surface area contributed by atoms with E-state index in [1.165, 1.54) is 11.1 Å².